The number of unbranched alkanes of at least 4 members (excludes halogenated alkanes) is 2. The van der Waals surface area contributed by atoms with Crippen molar-refractivity contribution in [3.05, 3.63) is 29.8 Å². The van der Waals surface area contributed by atoms with E-state index in [0.717, 1.165) is 19.3 Å². The first-order chi connectivity index (χ1) is 10.8. The molecular formula is C17H27NO4Si. The van der Waals surface area contributed by atoms with Crippen LogP contribution in [0.5, 0.6) is 5.75 Å². The Morgan fingerprint density at radius 3 is 2.43 bits per heavy atom. The molecule has 0 atom stereocenters. The SMILES string of the molecule is COc1ccccc1C(=O)NCCCCCC(=O)O[Si](C)(C)C. The molecule has 128 valence electrons. The molecule has 23 heavy (non-hydrogen) atoms. The average Bonchev–Trinajstić information content (AvgIpc) is 2.48. The van der Waals surface area contributed by atoms with Gasteiger partial charge in [-0.15, -0.1) is 0 Å². The van der Waals surface area contributed by atoms with Crippen LogP contribution < -0.4 is 10.1 Å². The molecule has 0 spiro atoms. The van der Waals surface area contributed by atoms with Crippen LogP contribution in [-0.2, 0) is 9.22 Å². The fourth-order valence-electron chi connectivity index (χ4n) is 2.09. The van der Waals surface area contributed by atoms with E-state index in [9.17, 15) is 9.59 Å². The van der Waals surface area contributed by atoms with Gasteiger partial charge < -0.3 is 14.5 Å². The van der Waals surface area contributed by atoms with Crippen molar-refractivity contribution in [2.75, 3.05) is 13.7 Å². The van der Waals surface area contributed by atoms with Crippen molar-refractivity contribution in [3.8, 4) is 5.75 Å². The first kappa shape index (κ1) is 19.2. The molecule has 0 saturated carbocycles. The topological polar surface area (TPSA) is 64.6 Å². The van der Waals surface area contributed by atoms with E-state index < -0.39 is 8.32 Å². The molecule has 6 heteroatoms. The summed E-state index contributed by atoms with van der Waals surface area (Å²) in [6.45, 7) is 6.58. The maximum absolute atomic E-state index is 12.1. The predicted octanol–water partition coefficient (Wildman–Crippen LogP) is 3.36. The highest BCUT2D eigenvalue weighted by Gasteiger charge is 2.19. The van der Waals surface area contributed by atoms with Crippen molar-refractivity contribution in [3.63, 3.8) is 0 Å². The molecule has 1 aromatic carbocycles. The Labute approximate surface area is 139 Å². The minimum absolute atomic E-state index is 0.109. The highest BCUT2D eigenvalue weighted by Crippen LogP contribution is 2.16. The lowest BCUT2D eigenvalue weighted by atomic mass is 10.1. The Kier molecular flexibility index (Phi) is 7.81. The molecule has 1 N–H and O–H groups in total. The number of para-hydroxylation sites is 1. The zero-order valence-electron chi connectivity index (χ0n) is 14.5. The Morgan fingerprint density at radius 1 is 1.09 bits per heavy atom. The van der Waals surface area contributed by atoms with Crippen LogP contribution in [-0.4, -0.2) is 33.8 Å². The van der Waals surface area contributed by atoms with Crippen LogP contribution in [0, 0.1) is 0 Å². The highest BCUT2D eigenvalue weighted by atomic mass is 28.4. The Bertz CT molecular complexity index is 526. The Balaban J connectivity index is 2.20. The summed E-state index contributed by atoms with van der Waals surface area (Å²) in [7, 11) is -0.228. The molecule has 0 unspecified atom stereocenters. The molecule has 0 heterocycles. The summed E-state index contributed by atoms with van der Waals surface area (Å²) in [6.07, 6.45) is 2.95. The van der Waals surface area contributed by atoms with E-state index in [4.69, 9.17) is 9.16 Å². The first-order valence-electron chi connectivity index (χ1n) is 7.96. The van der Waals surface area contributed by atoms with E-state index in [-0.39, 0.29) is 11.9 Å². The maximum Gasteiger partial charge on any atom is 0.292 e. The van der Waals surface area contributed by atoms with Gasteiger partial charge in [0.05, 0.1) is 12.7 Å². The minimum atomic E-state index is -1.78. The van der Waals surface area contributed by atoms with Crippen LogP contribution in [0.4, 0.5) is 0 Å². The van der Waals surface area contributed by atoms with Crippen LogP contribution in [0.1, 0.15) is 36.0 Å². The molecule has 0 fully saturated rings. The summed E-state index contributed by atoms with van der Waals surface area (Å²) in [5.74, 6) is 0.321. The molecule has 0 radical (unpaired) electrons. The van der Waals surface area contributed by atoms with Crippen molar-refractivity contribution >= 4 is 20.2 Å². The van der Waals surface area contributed by atoms with Crippen molar-refractivity contribution in [2.45, 2.75) is 45.3 Å². The monoisotopic (exact) mass is 337 g/mol. The average molecular weight is 337 g/mol. The van der Waals surface area contributed by atoms with Gasteiger partial charge in [-0.05, 0) is 44.6 Å². The van der Waals surface area contributed by atoms with Crippen LogP contribution in [0.15, 0.2) is 24.3 Å². The molecular weight excluding hydrogens is 310 g/mol. The first-order valence-corrected chi connectivity index (χ1v) is 11.4. The quantitative estimate of drug-likeness (QED) is 0.554. The number of methoxy groups -OCH3 is 1. The van der Waals surface area contributed by atoms with Gasteiger partial charge in [0.25, 0.3) is 11.9 Å². The van der Waals surface area contributed by atoms with E-state index in [1.54, 1.807) is 19.2 Å². The molecule has 0 aliphatic carbocycles. The van der Waals surface area contributed by atoms with Gasteiger partial charge in [-0.1, -0.05) is 18.6 Å². The van der Waals surface area contributed by atoms with Crippen molar-refractivity contribution in [1.29, 1.82) is 0 Å². The van der Waals surface area contributed by atoms with E-state index in [2.05, 4.69) is 5.32 Å². The number of carbonyl (C=O) groups is 2. The fourth-order valence-corrected chi connectivity index (χ4v) is 2.88. The zero-order chi connectivity index (χ0) is 17.3. The van der Waals surface area contributed by atoms with Crippen molar-refractivity contribution in [2.24, 2.45) is 0 Å². The van der Waals surface area contributed by atoms with E-state index in [1.165, 1.54) is 0 Å². The standard InChI is InChI=1S/C17H27NO4Si/c1-21-15-11-8-7-10-14(15)17(20)18-13-9-5-6-12-16(19)22-23(2,3)4/h7-8,10-11H,5-6,9,12-13H2,1-4H3,(H,18,20). The van der Waals surface area contributed by atoms with Gasteiger partial charge in [0.15, 0.2) is 0 Å². The number of hydrogen-bond donors (Lipinski definition) is 1. The largest absolute Gasteiger partial charge is 0.520 e. The van der Waals surface area contributed by atoms with Gasteiger partial charge in [-0.2, -0.15) is 0 Å². The third-order valence-electron chi connectivity index (χ3n) is 3.11. The summed E-state index contributed by atoms with van der Waals surface area (Å²) in [5.41, 5.74) is 0.536. The Hall–Kier alpha value is -1.82. The van der Waals surface area contributed by atoms with E-state index >= 15 is 0 Å². The second-order valence-corrected chi connectivity index (χ2v) is 10.8. The normalized spacial score (nSPS) is 11.0. The number of nitrogens with one attached hydrogen (secondary N) is 1. The molecule has 0 bridgehead atoms. The maximum atomic E-state index is 12.1. The molecule has 0 saturated heterocycles. The van der Waals surface area contributed by atoms with Gasteiger partial charge in [0, 0.05) is 13.0 Å². The van der Waals surface area contributed by atoms with Gasteiger partial charge in [-0.3, -0.25) is 9.59 Å². The number of hydrogen-bond acceptors (Lipinski definition) is 4. The number of ether oxygens (including phenoxy) is 1. The number of benzene rings is 1. The molecule has 0 aliphatic rings. The third kappa shape index (κ3) is 7.83. The molecule has 5 nitrogen and oxygen atoms in total. The van der Waals surface area contributed by atoms with Crippen molar-refractivity contribution < 1.29 is 18.8 Å². The summed E-state index contributed by atoms with van der Waals surface area (Å²) >= 11 is 0. The summed E-state index contributed by atoms with van der Waals surface area (Å²) < 4.78 is 10.6. The molecule has 1 rings (SSSR count). The summed E-state index contributed by atoms with van der Waals surface area (Å²) in [6, 6.07) is 7.14. The predicted molar refractivity (Wildman–Crippen MR) is 93.2 cm³/mol. The summed E-state index contributed by atoms with van der Waals surface area (Å²) in [5, 5.41) is 2.87. The number of rotatable bonds is 9. The lowest BCUT2D eigenvalue weighted by molar-refractivity contribution is -0.135. The Morgan fingerprint density at radius 2 is 1.78 bits per heavy atom. The lowest BCUT2D eigenvalue weighted by Gasteiger charge is -2.17. The van der Waals surface area contributed by atoms with Gasteiger partial charge in [-0.25, -0.2) is 0 Å². The number of carbonyl (C=O) groups excluding carboxylic acids is 2. The van der Waals surface area contributed by atoms with Gasteiger partial charge >= 0.3 is 0 Å². The number of amides is 1. The lowest BCUT2D eigenvalue weighted by Crippen LogP contribution is -2.29. The molecule has 0 aliphatic heterocycles. The minimum Gasteiger partial charge on any atom is -0.520 e. The molecule has 0 aromatic heterocycles. The second-order valence-electron chi connectivity index (χ2n) is 6.35. The fraction of sp³-hybridized carbons (Fsp3) is 0.529. The van der Waals surface area contributed by atoms with Crippen LogP contribution in [0.3, 0.4) is 0 Å². The smallest absolute Gasteiger partial charge is 0.292 e. The van der Waals surface area contributed by atoms with Gasteiger partial charge in [0.2, 0.25) is 8.32 Å². The van der Waals surface area contributed by atoms with Gasteiger partial charge in [0.1, 0.15) is 5.75 Å². The van der Waals surface area contributed by atoms with Crippen LogP contribution in [0.25, 0.3) is 0 Å². The van der Waals surface area contributed by atoms with Crippen LogP contribution >= 0.6 is 0 Å². The third-order valence-corrected chi connectivity index (χ3v) is 3.95. The highest BCUT2D eigenvalue weighted by molar-refractivity contribution is 6.71. The molecule has 1 aromatic rings. The van der Waals surface area contributed by atoms with E-state index in [1.807, 2.05) is 31.8 Å². The zero-order valence-corrected chi connectivity index (χ0v) is 15.5. The second kappa shape index (κ2) is 9.35. The van der Waals surface area contributed by atoms with Crippen molar-refractivity contribution in [1.82, 2.24) is 5.32 Å². The summed E-state index contributed by atoms with van der Waals surface area (Å²) in [4.78, 5) is 23.6. The van der Waals surface area contributed by atoms with Crippen LogP contribution in [0.2, 0.25) is 19.6 Å². The van der Waals surface area contributed by atoms with E-state index in [0.29, 0.717) is 24.3 Å². The molecule has 1 amide bonds.